The molecule has 1 fully saturated rings. The van der Waals surface area contributed by atoms with Crippen LogP contribution >= 0.6 is 0 Å². The highest BCUT2D eigenvalue weighted by Crippen LogP contribution is 2.38. The van der Waals surface area contributed by atoms with Gasteiger partial charge in [0.1, 0.15) is 0 Å². The number of nitrogens with zero attached hydrogens (tertiary/aromatic N) is 2. The number of aryl methyl sites for hydroxylation is 1. The molecule has 0 atom stereocenters. The van der Waals surface area contributed by atoms with Crippen molar-refractivity contribution in [2.75, 3.05) is 13.2 Å². The summed E-state index contributed by atoms with van der Waals surface area (Å²) in [7, 11) is 0. The molecular formula is C24H26N2O5. The number of rotatable bonds is 8. The Morgan fingerprint density at radius 3 is 2.45 bits per heavy atom. The van der Waals surface area contributed by atoms with E-state index in [1.54, 1.807) is 0 Å². The Balaban J connectivity index is 1.44. The van der Waals surface area contributed by atoms with Crippen molar-refractivity contribution < 1.29 is 23.9 Å². The van der Waals surface area contributed by atoms with Crippen molar-refractivity contribution in [1.29, 1.82) is 0 Å². The third-order valence-corrected chi connectivity index (χ3v) is 5.97. The van der Waals surface area contributed by atoms with E-state index in [0.717, 1.165) is 37.1 Å². The topological polar surface area (TPSA) is 85.7 Å². The third-order valence-electron chi connectivity index (χ3n) is 5.97. The molecule has 4 rings (SSSR count). The molecule has 1 aromatic heterocycles. The number of benzene rings is 1. The number of hydrogen-bond donors (Lipinski definition) is 0. The summed E-state index contributed by atoms with van der Waals surface area (Å²) in [6.45, 7) is 5.85. The Morgan fingerprint density at radius 1 is 1.06 bits per heavy atom. The van der Waals surface area contributed by atoms with Crippen molar-refractivity contribution in [1.82, 2.24) is 9.47 Å². The number of ketones is 1. The molecule has 7 nitrogen and oxygen atoms in total. The Labute approximate surface area is 181 Å². The minimum Gasteiger partial charge on any atom is -0.454 e. The molecule has 0 saturated heterocycles. The number of ether oxygens (including phenoxy) is 1. The summed E-state index contributed by atoms with van der Waals surface area (Å²) in [5.41, 5.74) is 3.14. The van der Waals surface area contributed by atoms with E-state index in [-0.39, 0.29) is 29.4 Å². The molecule has 2 amide bonds. The van der Waals surface area contributed by atoms with E-state index in [2.05, 4.69) is 4.57 Å². The van der Waals surface area contributed by atoms with Crippen LogP contribution in [-0.2, 0) is 4.74 Å². The molecule has 1 saturated carbocycles. The van der Waals surface area contributed by atoms with Crippen molar-refractivity contribution in [2.24, 2.45) is 0 Å². The van der Waals surface area contributed by atoms with Gasteiger partial charge >= 0.3 is 5.97 Å². The number of unbranched alkanes of at least 4 members (excludes halogenated alkanes) is 1. The smallest absolute Gasteiger partial charge is 0.338 e. The van der Waals surface area contributed by atoms with Gasteiger partial charge in [0.05, 0.1) is 16.7 Å². The summed E-state index contributed by atoms with van der Waals surface area (Å²) < 4.78 is 7.40. The average Bonchev–Trinajstić information content (AvgIpc) is 3.50. The lowest BCUT2D eigenvalue weighted by atomic mass is 10.1. The van der Waals surface area contributed by atoms with Crippen LogP contribution in [0.25, 0.3) is 0 Å². The highest BCUT2D eigenvalue weighted by molar-refractivity contribution is 6.22. The Hall–Kier alpha value is -3.22. The second-order valence-corrected chi connectivity index (χ2v) is 8.26. The summed E-state index contributed by atoms with van der Waals surface area (Å²) in [6, 6.07) is 6.62. The summed E-state index contributed by atoms with van der Waals surface area (Å²) >= 11 is 0. The first-order chi connectivity index (χ1) is 14.8. The van der Waals surface area contributed by atoms with Gasteiger partial charge in [0.25, 0.3) is 11.8 Å². The molecule has 0 unspecified atom stereocenters. The molecule has 1 aliphatic heterocycles. The normalized spacial score (nSPS) is 15.4. The first kappa shape index (κ1) is 21.0. The van der Waals surface area contributed by atoms with Crippen molar-refractivity contribution in [3.63, 3.8) is 0 Å². The molecule has 31 heavy (non-hydrogen) atoms. The predicted molar refractivity (Wildman–Crippen MR) is 114 cm³/mol. The van der Waals surface area contributed by atoms with E-state index in [1.807, 2.05) is 26.8 Å². The van der Waals surface area contributed by atoms with E-state index in [1.165, 1.54) is 23.1 Å². The summed E-state index contributed by atoms with van der Waals surface area (Å²) in [6.07, 6.45) is 3.83. The molecule has 1 aromatic carbocycles. The molecule has 2 aromatic rings. The highest BCUT2D eigenvalue weighted by atomic mass is 16.5. The standard InChI is InChI=1S/C24H26N2O5/c1-4-5-10-25-22(28)18-9-6-16(12-20(18)23(25)29)24(30)31-13-21(27)19-11-14(2)26(15(19)3)17-7-8-17/h6,9,11-12,17H,4-5,7-8,10,13H2,1-3H3. The minimum absolute atomic E-state index is 0.147. The molecule has 0 radical (unpaired) electrons. The van der Waals surface area contributed by atoms with E-state index in [9.17, 15) is 19.2 Å². The monoisotopic (exact) mass is 422 g/mol. The maximum atomic E-state index is 12.6. The molecule has 7 heteroatoms. The number of hydrogen-bond acceptors (Lipinski definition) is 5. The molecular weight excluding hydrogens is 396 g/mol. The number of Topliss-reactive ketones (excluding diaryl/α,β-unsaturated/α-hetero) is 1. The zero-order chi connectivity index (χ0) is 22.3. The van der Waals surface area contributed by atoms with Crippen molar-refractivity contribution in [3.8, 4) is 0 Å². The number of carbonyl (C=O) groups is 4. The minimum atomic E-state index is -0.695. The second-order valence-electron chi connectivity index (χ2n) is 8.26. The van der Waals surface area contributed by atoms with Gasteiger partial charge in [-0.3, -0.25) is 19.3 Å². The summed E-state index contributed by atoms with van der Waals surface area (Å²) in [4.78, 5) is 51.3. The Bertz CT molecular complexity index is 1090. The maximum Gasteiger partial charge on any atom is 0.338 e. The number of carbonyl (C=O) groups excluding carboxylic acids is 4. The van der Waals surface area contributed by atoms with Gasteiger partial charge in [-0.05, 0) is 57.4 Å². The van der Waals surface area contributed by atoms with Gasteiger partial charge in [0.15, 0.2) is 6.61 Å². The average molecular weight is 422 g/mol. The van der Waals surface area contributed by atoms with Crippen LogP contribution in [0, 0.1) is 13.8 Å². The lowest BCUT2D eigenvalue weighted by molar-refractivity contribution is 0.0474. The van der Waals surface area contributed by atoms with Crippen LogP contribution in [0.4, 0.5) is 0 Å². The van der Waals surface area contributed by atoms with Gasteiger partial charge in [0, 0.05) is 29.5 Å². The van der Waals surface area contributed by atoms with Gasteiger partial charge in [-0.25, -0.2) is 4.79 Å². The molecule has 0 spiro atoms. The Morgan fingerprint density at radius 2 is 1.77 bits per heavy atom. The third kappa shape index (κ3) is 3.80. The lowest BCUT2D eigenvalue weighted by Gasteiger charge is -2.12. The first-order valence-corrected chi connectivity index (χ1v) is 10.7. The molecule has 162 valence electrons. The van der Waals surface area contributed by atoms with Crippen LogP contribution < -0.4 is 0 Å². The molecule has 0 bridgehead atoms. The summed E-state index contributed by atoms with van der Waals surface area (Å²) in [5.74, 6) is -1.69. The van der Waals surface area contributed by atoms with Crippen LogP contribution in [0.3, 0.4) is 0 Å². The van der Waals surface area contributed by atoms with Gasteiger partial charge < -0.3 is 9.30 Å². The number of esters is 1. The SMILES string of the molecule is CCCCN1C(=O)c2ccc(C(=O)OCC(=O)c3cc(C)n(C4CC4)c3C)cc2C1=O. The van der Waals surface area contributed by atoms with Crippen LogP contribution in [0.15, 0.2) is 24.3 Å². The van der Waals surface area contributed by atoms with Gasteiger partial charge in [-0.15, -0.1) is 0 Å². The van der Waals surface area contributed by atoms with Crippen LogP contribution in [-0.4, -0.2) is 46.2 Å². The van der Waals surface area contributed by atoms with Crippen LogP contribution in [0.1, 0.15) is 91.5 Å². The Kier molecular flexibility index (Phi) is 5.52. The van der Waals surface area contributed by atoms with Crippen molar-refractivity contribution in [3.05, 3.63) is 57.9 Å². The zero-order valence-electron chi connectivity index (χ0n) is 18.1. The molecule has 1 aliphatic carbocycles. The largest absolute Gasteiger partial charge is 0.454 e. The predicted octanol–water partition coefficient (Wildman–Crippen LogP) is 3.88. The van der Waals surface area contributed by atoms with Gasteiger partial charge in [-0.1, -0.05) is 13.3 Å². The van der Waals surface area contributed by atoms with Gasteiger partial charge in [0.2, 0.25) is 5.78 Å². The maximum absolute atomic E-state index is 12.6. The number of imide groups is 1. The fourth-order valence-electron chi connectivity index (χ4n) is 4.18. The van der Waals surface area contributed by atoms with Crippen LogP contribution in [0.2, 0.25) is 0 Å². The number of amides is 2. The first-order valence-electron chi connectivity index (χ1n) is 10.7. The fraction of sp³-hybridized carbons (Fsp3) is 0.417. The molecule has 2 heterocycles. The highest BCUT2D eigenvalue weighted by Gasteiger charge is 2.35. The van der Waals surface area contributed by atoms with E-state index < -0.39 is 11.9 Å². The van der Waals surface area contributed by atoms with E-state index in [0.29, 0.717) is 23.7 Å². The molecule has 0 N–H and O–H groups in total. The second kappa shape index (κ2) is 8.13. The quantitative estimate of drug-likeness (QED) is 0.366. The summed E-state index contributed by atoms with van der Waals surface area (Å²) in [5, 5.41) is 0. The van der Waals surface area contributed by atoms with Crippen molar-refractivity contribution >= 4 is 23.6 Å². The number of fused-ring (bicyclic) bond motifs is 1. The van der Waals surface area contributed by atoms with Gasteiger partial charge in [-0.2, -0.15) is 0 Å². The van der Waals surface area contributed by atoms with E-state index in [4.69, 9.17) is 4.74 Å². The zero-order valence-corrected chi connectivity index (χ0v) is 18.1. The lowest BCUT2D eigenvalue weighted by Crippen LogP contribution is -2.30. The fourth-order valence-corrected chi connectivity index (χ4v) is 4.18. The molecule has 2 aliphatic rings. The van der Waals surface area contributed by atoms with Crippen LogP contribution in [0.5, 0.6) is 0 Å². The van der Waals surface area contributed by atoms with Crippen molar-refractivity contribution in [2.45, 2.75) is 52.5 Å². The van der Waals surface area contributed by atoms with E-state index >= 15 is 0 Å². The number of aromatic nitrogens is 1.